The summed E-state index contributed by atoms with van der Waals surface area (Å²) >= 11 is 1.40. The lowest BCUT2D eigenvalue weighted by Gasteiger charge is -2.14. The summed E-state index contributed by atoms with van der Waals surface area (Å²) in [4.78, 5) is 30.3. The van der Waals surface area contributed by atoms with E-state index >= 15 is 0 Å². The summed E-state index contributed by atoms with van der Waals surface area (Å²) < 4.78 is 26.6. The van der Waals surface area contributed by atoms with Gasteiger partial charge in [0.1, 0.15) is 5.01 Å². The van der Waals surface area contributed by atoms with Crippen molar-refractivity contribution in [2.75, 3.05) is 4.90 Å². The van der Waals surface area contributed by atoms with Gasteiger partial charge < -0.3 is 0 Å². The number of halogens is 2. The van der Waals surface area contributed by atoms with E-state index in [0.29, 0.717) is 5.01 Å². The van der Waals surface area contributed by atoms with Crippen molar-refractivity contribution in [3.63, 3.8) is 0 Å². The number of ketones is 1. The molecule has 1 aliphatic rings. The molecule has 108 valence electrons. The Morgan fingerprint density at radius 1 is 1.19 bits per heavy atom. The summed E-state index contributed by atoms with van der Waals surface area (Å²) in [6, 6.07) is 1.64. The minimum atomic E-state index is -1.14. The number of thiazole rings is 1. The Balaban J connectivity index is 2.03. The van der Waals surface area contributed by atoms with Crippen LogP contribution in [0.25, 0.3) is 0 Å². The smallest absolute Gasteiger partial charge is 0.298 e. The zero-order valence-electron chi connectivity index (χ0n) is 11.2. The first-order valence-electron chi connectivity index (χ1n) is 6.16. The normalized spacial score (nSPS) is 14.0. The molecule has 4 nitrogen and oxygen atoms in total. The van der Waals surface area contributed by atoms with E-state index in [0.717, 1.165) is 27.6 Å². The predicted octanol–water partition coefficient (Wildman–Crippen LogP) is 2.77. The van der Waals surface area contributed by atoms with Gasteiger partial charge in [0.05, 0.1) is 23.5 Å². The molecule has 7 heteroatoms. The second kappa shape index (κ2) is 4.70. The number of carbonyl (C=O) groups excluding carboxylic acids is 2. The Bertz CT molecular complexity index is 766. The fraction of sp³-hybridized carbons (Fsp3) is 0.214. The number of Topliss-reactive ketones (excluding diaryl/α,β-unsaturated/α-hetero) is 1. The maximum absolute atomic E-state index is 13.4. The Hall–Kier alpha value is -2.15. The van der Waals surface area contributed by atoms with Gasteiger partial charge in [-0.1, -0.05) is 0 Å². The quantitative estimate of drug-likeness (QED) is 0.802. The summed E-state index contributed by atoms with van der Waals surface area (Å²) in [5.74, 6) is -3.85. The van der Waals surface area contributed by atoms with Crippen molar-refractivity contribution in [3.8, 4) is 0 Å². The second-order valence-corrected chi connectivity index (χ2v) is 6.04. The van der Waals surface area contributed by atoms with Crippen LogP contribution in [0.15, 0.2) is 12.1 Å². The van der Waals surface area contributed by atoms with Crippen molar-refractivity contribution in [1.29, 1.82) is 0 Å². The Kier molecular flexibility index (Phi) is 3.09. The number of hydrogen-bond donors (Lipinski definition) is 0. The van der Waals surface area contributed by atoms with E-state index < -0.39 is 23.3 Å². The highest BCUT2D eigenvalue weighted by atomic mass is 32.1. The molecule has 21 heavy (non-hydrogen) atoms. The first-order valence-corrected chi connectivity index (χ1v) is 6.98. The molecule has 0 unspecified atom stereocenters. The number of nitrogens with zero attached hydrogens (tertiary/aromatic N) is 2. The average molecular weight is 308 g/mol. The third-order valence-corrected chi connectivity index (χ3v) is 4.44. The minimum Gasteiger partial charge on any atom is -0.298 e. The molecule has 0 atom stereocenters. The van der Waals surface area contributed by atoms with Crippen LogP contribution in [0.4, 0.5) is 14.5 Å². The van der Waals surface area contributed by atoms with E-state index in [-0.39, 0.29) is 17.8 Å². The lowest BCUT2D eigenvalue weighted by atomic mass is 10.1. The lowest BCUT2D eigenvalue weighted by Crippen LogP contribution is -2.29. The first kappa shape index (κ1) is 13.8. The highest BCUT2D eigenvalue weighted by Gasteiger charge is 2.37. The Morgan fingerprint density at radius 3 is 2.48 bits per heavy atom. The molecule has 0 spiro atoms. The van der Waals surface area contributed by atoms with E-state index in [1.165, 1.54) is 11.3 Å². The van der Waals surface area contributed by atoms with Crippen LogP contribution in [0.2, 0.25) is 0 Å². The Morgan fingerprint density at radius 2 is 1.86 bits per heavy atom. The molecular formula is C14H10F2N2O2S. The van der Waals surface area contributed by atoms with Crippen LogP contribution in [-0.4, -0.2) is 16.7 Å². The summed E-state index contributed by atoms with van der Waals surface area (Å²) in [6.07, 6.45) is 0. The highest BCUT2D eigenvalue weighted by molar-refractivity contribution is 7.11. The third-order valence-electron chi connectivity index (χ3n) is 3.38. The zero-order valence-corrected chi connectivity index (χ0v) is 12.1. The fourth-order valence-electron chi connectivity index (χ4n) is 2.19. The van der Waals surface area contributed by atoms with Crippen LogP contribution in [0.3, 0.4) is 0 Å². The topological polar surface area (TPSA) is 50.3 Å². The molecule has 0 bridgehead atoms. The van der Waals surface area contributed by atoms with Crippen molar-refractivity contribution >= 4 is 28.7 Å². The van der Waals surface area contributed by atoms with E-state index in [9.17, 15) is 18.4 Å². The van der Waals surface area contributed by atoms with Crippen molar-refractivity contribution in [2.45, 2.75) is 20.4 Å². The Labute approximate surface area is 123 Å². The van der Waals surface area contributed by atoms with Gasteiger partial charge in [0, 0.05) is 10.9 Å². The maximum Gasteiger partial charge on any atom is 0.299 e. The summed E-state index contributed by atoms with van der Waals surface area (Å²) in [6.45, 7) is 3.81. The number of hydrogen-bond acceptors (Lipinski definition) is 4. The van der Waals surface area contributed by atoms with Crippen LogP contribution in [-0.2, 0) is 11.3 Å². The number of rotatable bonds is 2. The molecule has 1 aromatic carbocycles. The average Bonchev–Trinajstić information content (AvgIpc) is 2.85. The molecule has 2 aromatic rings. The number of carbonyl (C=O) groups is 2. The molecule has 1 aromatic heterocycles. The number of fused-ring (bicyclic) bond motifs is 1. The standard InChI is InChI=1S/C14H10F2N2O2S/c1-6-7(2)21-12(17-6)5-18-11-4-10(16)9(15)3-8(11)13(19)14(18)20/h3-4H,5H2,1-2H3. The monoisotopic (exact) mass is 308 g/mol. The van der Waals surface area contributed by atoms with Gasteiger partial charge in [0.15, 0.2) is 11.6 Å². The van der Waals surface area contributed by atoms with Gasteiger partial charge in [-0.25, -0.2) is 13.8 Å². The van der Waals surface area contributed by atoms with Gasteiger partial charge in [-0.2, -0.15) is 0 Å². The van der Waals surface area contributed by atoms with E-state index in [4.69, 9.17) is 0 Å². The first-order chi connectivity index (χ1) is 9.88. The molecular weight excluding hydrogens is 298 g/mol. The maximum atomic E-state index is 13.4. The fourth-order valence-corrected chi connectivity index (χ4v) is 3.11. The van der Waals surface area contributed by atoms with Gasteiger partial charge in [-0.15, -0.1) is 11.3 Å². The second-order valence-electron chi connectivity index (χ2n) is 4.75. The number of anilines is 1. The van der Waals surface area contributed by atoms with Gasteiger partial charge in [-0.3, -0.25) is 14.5 Å². The molecule has 0 saturated carbocycles. The molecule has 1 amide bonds. The van der Waals surface area contributed by atoms with E-state index in [1.54, 1.807) is 0 Å². The molecule has 0 N–H and O–H groups in total. The number of aryl methyl sites for hydroxylation is 2. The van der Waals surface area contributed by atoms with Gasteiger partial charge >= 0.3 is 0 Å². The molecule has 0 fully saturated rings. The summed E-state index contributed by atoms with van der Waals surface area (Å²) in [7, 11) is 0. The number of benzene rings is 1. The van der Waals surface area contributed by atoms with Crippen molar-refractivity contribution in [2.24, 2.45) is 0 Å². The third kappa shape index (κ3) is 2.13. The molecule has 0 radical (unpaired) electrons. The molecule has 0 saturated heterocycles. The molecule has 2 heterocycles. The highest BCUT2D eigenvalue weighted by Crippen LogP contribution is 2.33. The van der Waals surface area contributed by atoms with Crippen LogP contribution in [0.5, 0.6) is 0 Å². The number of amides is 1. The van der Waals surface area contributed by atoms with Crippen LogP contribution < -0.4 is 4.90 Å². The molecule has 0 aliphatic carbocycles. The van der Waals surface area contributed by atoms with Crippen molar-refractivity contribution in [3.05, 3.63) is 44.9 Å². The van der Waals surface area contributed by atoms with Crippen molar-refractivity contribution in [1.82, 2.24) is 4.98 Å². The van der Waals surface area contributed by atoms with Crippen LogP contribution in [0.1, 0.15) is 25.9 Å². The SMILES string of the molecule is Cc1nc(CN2C(=O)C(=O)c3cc(F)c(F)cc32)sc1C. The molecule has 1 aliphatic heterocycles. The summed E-state index contributed by atoms with van der Waals surface area (Å²) in [5, 5.41) is 0.642. The van der Waals surface area contributed by atoms with Crippen LogP contribution >= 0.6 is 11.3 Å². The predicted molar refractivity (Wildman–Crippen MR) is 73.5 cm³/mol. The van der Waals surface area contributed by atoms with Crippen LogP contribution in [0, 0.1) is 25.5 Å². The van der Waals surface area contributed by atoms with E-state index in [2.05, 4.69) is 4.98 Å². The lowest BCUT2D eigenvalue weighted by molar-refractivity contribution is -0.114. The minimum absolute atomic E-state index is 0.0714. The van der Waals surface area contributed by atoms with Gasteiger partial charge in [-0.05, 0) is 19.9 Å². The summed E-state index contributed by atoms with van der Waals surface area (Å²) in [5.41, 5.74) is 0.830. The largest absolute Gasteiger partial charge is 0.299 e. The van der Waals surface area contributed by atoms with Gasteiger partial charge in [0.25, 0.3) is 11.7 Å². The van der Waals surface area contributed by atoms with Crippen molar-refractivity contribution < 1.29 is 18.4 Å². The molecule has 3 rings (SSSR count). The van der Waals surface area contributed by atoms with Gasteiger partial charge in [0.2, 0.25) is 0 Å². The zero-order chi connectivity index (χ0) is 15.3. The van der Waals surface area contributed by atoms with E-state index in [1.807, 2.05) is 13.8 Å². The number of aromatic nitrogens is 1.